The Hall–Kier alpha value is -3.55. The van der Waals surface area contributed by atoms with Gasteiger partial charge in [0.15, 0.2) is 13.2 Å². The van der Waals surface area contributed by atoms with E-state index < -0.39 is 18.5 Å². The third kappa shape index (κ3) is 5.97. The van der Waals surface area contributed by atoms with Gasteiger partial charge in [0.1, 0.15) is 11.5 Å². The molecule has 8 nitrogen and oxygen atoms in total. The lowest BCUT2D eigenvalue weighted by atomic mass is 10.2. The van der Waals surface area contributed by atoms with Crippen molar-refractivity contribution >= 4 is 29.2 Å². The van der Waals surface area contributed by atoms with Crippen LogP contribution in [0.4, 0.5) is 11.4 Å². The van der Waals surface area contributed by atoms with Crippen LogP contribution in [0.1, 0.15) is 19.8 Å². The van der Waals surface area contributed by atoms with Crippen molar-refractivity contribution in [3.05, 3.63) is 48.5 Å². The number of benzene rings is 2. The minimum Gasteiger partial charge on any atom is -0.494 e. The molecule has 1 heterocycles. The van der Waals surface area contributed by atoms with Crippen molar-refractivity contribution in [3.63, 3.8) is 0 Å². The van der Waals surface area contributed by atoms with Crippen LogP contribution >= 0.6 is 0 Å². The van der Waals surface area contributed by atoms with Crippen LogP contribution in [0.25, 0.3) is 0 Å². The first-order valence-electron chi connectivity index (χ1n) is 9.76. The zero-order valence-electron chi connectivity index (χ0n) is 16.8. The van der Waals surface area contributed by atoms with Crippen LogP contribution in [0.3, 0.4) is 0 Å². The number of carbonyl (C=O) groups excluding carboxylic acids is 3. The maximum atomic E-state index is 12.0. The van der Waals surface area contributed by atoms with Gasteiger partial charge in [-0.05, 0) is 61.9 Å². The fourth-order valence-electron chi connectivity index (χ4n) is 2.97. The molecule has 2 aromatic carbocycles. The van der Waals surface area contributed by atoms with E-state index in [0.717, 1.165) is 12.1 Å². The molecule has 3 rings (SSSR count). The molecule has 1 aliphatic rings. The van der Waals surface area contributed by atoms with Gasteiger partial charge in [-0.3, -0.25) is 9.59 Å². The molecule has 0 bridgehead atoms. The summed E-state index contributed by atoms with van der Waals surface area (Å²) >= 11 is 0. The van der Waals surface area contributed by atoms with Crippen molar-refractivity contribution in [2.45, 2.75) is 19.8 Å². The molecular weight excluding hydrogens is 388 g/mol. The smallest absolute Gasteiger partial charge is 0.344 e. The molecule has 0 unspecified atom stereocenters. The summed E-state index contributed by atoms with van der Waals surface area (Å²) in [5.41, 5.74) is 1.35. The molecule has 0 aromatic heterocycles. The minimum absolute atomic E-state index is 0.103. The van der Waals surface area contributed by atoms with Gasteiger partial charge in [0.25, 0.3) is 5.91 Å². The molecule has 30 heavy (non-hydrogen) atoms. The van der Waals surface area contributed by atoms with Gasteiger partial charge < -0.3 is 24.4 Å². The van der Waals surface area contributed by atoms with Crippen molar-refractivity contribution in [2.24, 2.45) is 0 Å². The largest absolute Gasteiger partial charge is 0.494 e. The van der Waals surface area contributed by atoms with Crippen LogP contribution in [0.15, 0.2) is 48.5 Å². The highest BCUT2D eigenvalue weighted by molar-refractivity contribution is 5.96. The average molecular weight is 412 g/mol. The first kappa shape index (κ1) is 21.2. The van der Waals surface area contributed by atoms with Gasteiger partial charge in [-0.1, -0.05) is 0 Å². The fraction of sp³-hybridized carbons (Fsp3) is 0.318. The quantitative estimate of drug-likeness (QED) is 0.637. The number of ether oxygens (including phenoxy) is 3. The van der Waals surface area contributed by atoms with Crippen LogP contribution in [0.2, 0.25) is 0 Å². The van der Waals surface area contributed by atoms with E-state index in [2.05, 4.69) is 5.32 Å². The summed E-state index contributed by atoms with van der Waals surface area (Å²) in [7, 11) is 0. The van der Waals surface area contributed by atoms with Crippen molar-refractivity contribution in [3.8, 4) is 11.5 Å². The average Bonchev–Trinajstić information content (AvgIpc) is 3.18. The summed E-state index contributed by atoms with van der Waals surface area (Å²) in [5, 5.41) is 2.64. The number of nitrogens with one attached hydrogen (secondary N) is 1. The Morgan fingerprint density at radius 1 is 0.967 bits per heavy atom. The molecule has 158 valence electrons. The molecule has 0 aliphatic carbocycles. The van der Waals surface area contributed by atoms with E-state index in [9.17, 15) is 14.4 Å². The number of carbonyl (C=O) groups is 3. The summed E-state index contributed by atoms with van der Waals surface area (Å²) in [6.45, 7) is 2.44. The molecule has 8 heteroatoms. The molecule has 1 saturated heterocycles. The number of anilines is 2. The minimum atomic E-state index is -0.651. The Balaban J connectivity index is 1.38. The second-order valence-electron chi connectivity index (χ2n) is 6.60. The zero-order chi connectivity index (χ0) is 21.3. The van der Waals surface area contributed by atoms with E-state index in [-0.39, 0.29) is 12.5 Å². The first-order chi connectivity index (χ1) is 14.5. The summed E-state index contributed by atoms with van der Waals surface area (Å²) < 4.78 is 15.6. The Labute approximate surface area is 174 Å². The van der Waals surface area contributed by atoms with Gasteiger partial charge in [0.2, 0.25) is 5.91 Å². The van der Waals surface area contributed by atoms with Crippen LogP contribution in [-0.2, 0) is 19.1 Å². The van der Waals surface area contributed by atoms with Gasteiger partial charge in [0.05, 0.1) is 6.61 Å². The van der Waals surface area contributed by atoms with Gasteiger partial charge in [-0.25, -0.2) is 4.79 Å². The predicted octanol–water partition coefficient (Wildman–Crippen LogP) is 2.77. The number of amides is 2. The third-order valence-corrected chi connectivity index (χ3v) is 4.39. The molecule has 0 spiro atoms. The lowest BCUT2D eigenvalue weighted by Crippen LogP contribution is -2.24. The lowest BCUT2D eigenvalue weighted by Gasteiger charge is -2.16. The fourth-order valence-corrected chi connectivity index (χ4v) is 2.97. The third-order valence-electron chi connectivity index (χ3n) is 4.39. The second kappa shape index (κ2) is 10.3. The molecule has 1 aliphatic heterocycles. The Kier molecular flexibility index (Phi) is 7.26. The van der Waals surface area contributed by atoms with Crippen LogP contribution < -0.4 is 19.7 Å². The van der Waals surface area contributed by atoms with Crippen LogP contribution in [0, 0.1) is 0 Å². The molecule has 2 aromatic rings. The van der Waals surface area contributed by atoms with E-state index in [0.29, 0.717) is 36.8 Å². The highest BCUT2D eigenvalue weighted by Gasteiger charge is 2.21. The Morgan fingerprint density at radius 2 is 1.63 bits per heavy atom. The Morgan fingerprint density at radius 3 is 2.23 bits per heavy atom. The summed E-state index contributed by atoms with van der Waals surface area (Å²) in [6, 6.07) is 13.8. The summed E-state index contributed by atoms with van der Waals surface area (Å²) in [4.78, 5) is 37.2. The monoisotopic (exact) mass is 412 g/mol. The summed E-state index contributed by atoms with van der Waals surface area (Å²) in [5.74, 6) is 0.197. The zero-order valence-corrected chi connectivity index (χ0v) is 16.8. The normalized spacial score (nSPS) is 13.1. The van der Waals surface area contributed by atoms with E-state index in [1.165, 1.54) is 0 Å². The number of nitrogens with zero attached hydrogens (tertiary/aromatic N) is 1. The van der Waals surface area contributed by atoms with Gasteiger partial charge in [-0.15, -0.1) is 0 Å². The number of rotatable bonds is 9. The standard InChI is InChI=1S/C22H24N2O6/c1-2-28-18-9-11-19(12-10-18)29-15-22(27)30-14-20(25)23-16-5-7-17(8-6-16)24-13-3-4-21(24)26/h5-12H,2-4,13-15H2,1H3,(H,23,25). The van der Waals surface area contributed by atoms with Gasteiger partial charge in [-0.2, -0.15) is 0 Å². The predicted molar refractivity (Wildman–Crippen MR) is 111 cm³/mol. The van der Waals surface area contributed by atoms with Crippen LogP contribution in [-0.4, -0.2) is 44.1 Å². The second-order valence-corrected chi connectivity index (χ2v) is 6.60. The lowest BCUT2D eigenvalue weighted by molar-refractivity contribution is -0.149. The molecule has 1 fully saturated rings. The van der Waals surface area contributed by atoms with Crippen molar-refractivity contribution < 1.29 is 28.6 Å². The maximum Gasteiger partial charge on any atom is 0.344 e. The molecule has 1 N–H and O–H groups in total. The van der Waals surface area contributed by atoms with Gasteiger partial charge >= 0.3 is 5.97 Å². The van der Waals surface area contributed by atoms with E-state index in [1.54, 1.807) is 53.4 Å². The van der Waals surface area contributed by atoms with E-state index >= 15 is 0 Å². The summed E-state index contributed by atoms with van der Waals surface area (Å²) in [6.07, 6.45) is 1.41. The van der Waals surface area contributed by atoms with E-state index in [1.807, 2.05) is 6.92 Å². The Bertz CT molecular complexity index is 880. The van der Waals surface area contributed by atoms with Crippen molar-refractivity contribution in [1.82, 2.24) is 0 Å². The van der Waals surface area contributed by atoms with Crippen molar-refractivity contribution in [2.75, 3.05) is 36.6 Å². The first-order valence-corrected chi connectivity index (χ1v) is 9.76. The number of hydrogen-bond donors (Lipinski definition) is 1. The topological polar surface area (TPSA) is 94.2 Å². The molecule has 2 amide bonds. The van der Waals surface area contributed by atoms with Crippen LogP contribution in [0.5, 0.6) is 11.5 Å². The van der Waals surface area contributed by atoms with Gasteiger partial charge in [0, 0.05) is 24.3 Å². The van der Waals surface area contributed by atoms with Crippen molar-refractivity contribution in [1.29, 1.82) is 0 Å². The molecule has 0 radical (unpaired) electrons. The molecular formula is C22H24N2O6. The highest BCUT2D eigenvalue weighted by atomic mass is 16.6. The number of esters is 1. The SMILES string of the molecule is CCOc1ccc(OCC(=O)OCC(=O)Nc2ccc(N3CCCC3=O)cc2)cc1. The maximum absolute atomic E-state index is 12.0. The molecule has 0 atom stereocenters. The number of hydrogen-bond acceptors (Lipinski definition) is 6. The molecule has 0 saturated carbocycles. The van der Waals surface area contributed by atoms with E-state index in [4.69, 9.17) is 14.2 Å². The highest BCUT2D eigenvalue weighted by Crippen LogP contribution is 2.23.